The van der Waals surface area contributed by atoms with Crippen molar-refractivity contribution in [2.24, 2.45) is 0 Å². The number of hydrogen-bond donors (Lipinski definition) is 1. The molecule has 4 rings (SSSR count). The number of benzene rings is 2. The van der Waals surface area contributed by atoms with E-state index in [0.717, 1.165) is 12.1 Å². The average Bonchev–Trinajstić information content (AvgIpc) is 3.34. The number of pyridine rings is 1. The Morgan fingerprint density at radius 2 is 1.79 bits per heavy atom. The van der Waals surface area contributed by atoms with Crippen LogP contribution in [0.4, 0.5) is 36.2 Å². The molecule has 0 bridgehead atoms. The summed E-state index contributed by atoms with van der Waals surface area (Å²) in [7, 11) is 1.52. The smallest absolute Gasteiger partial charge is 0.416 e. The van der Waals surface area contributed by atoms with Gasteiger partial charge in [0.25, 0.3) is 0 Å². The zero-order valence-corrected chi connectivity index (χ0v) is 17.9. The van der Waals surface area contributed by atoms with Crippen LogP contribution in [-0.4, -0.2) is 23.0 Å². The highest BCUT2D eigenvalue weighted by Crippen LogP contribution is 2.40. The number of oxazole rings is 1. The Labute approximate surface area is 192 Å². The lowest BCUT2D eigenvalue weighted by molar-refractivity contribution is -0.137. The van der Waals surface area contributed by atoms with Gasteiger partial charge < -0.3 is 14.5 Å². The van der Waals surface area contributed by atoms with Crippen LogP contribution in [-0.2, 0) is 17.4 Å². The SMILES string of the molecule is COc1ccc(NC(=O)Cc2ccc(C(F)(F)F)cc2)cc1N(c1ccncc1)c1ncco1. The summed E-state index contributed by atoms with van der Waals surface area (Å²) in [5.74, 6) is 0.109. The number of rotatable bonds is 7. The first-order valence-electron chi connectivity index (χ1n) is 10.1. The van der Waals surface area contributed by atoms with Crippen LogP contribution in [0.1, 0.15) is 11.1 Å². The topological polar surface area (TPSA) is 80.5 Å². The fourth-order valence-corrected chi connectivity index (χ4v) is 3.32. The van der Waals surface area contributed by atoms with Crippen LogP contribution in [0.5, 0.6) is 5.75 Å². The maximum absolute atomic E-state index is 12.8. The first kappa shape index (κ1) is 22.8. The molecule has 1 N–H and O–H groups in total. The van der Waals surface area contributed by atoms with Crippen molar-refractivity contribution < 1.29 is 27.1 Å². The van der Waals surface area contributed by atoms with E-state index in [9.17, 15) is 18.0 Å². The molecule has 10 heteroatoms. The minimum absolute atomic E-state index is 0.0900. The minimum atomic E-state index is -4.43. The van der Waals surface area contributed by atoms with E-state index in [1.165, 1.54) is 31.7 Å². The van der Waals surface area contributed by atoms with Gasteiger partial charge in [-0.25, -0.2) is 4.98 Å². The van der Waals surface area contributed by atoms with Crippen LogP contribution in [0, 0.1) is 0 Å². The third-order valence-electron chi connectivity index (χ3n) is 4.88. The molecular formula is C24H19F3N4O3. The molecule has 0 spiro atoms. The van der Waals surface area contributed by atoms with E-state index in [1.807, 2.05) is 0 Å². The van der Waals surface area contributed by atoms with Gasteiger partial charge in [0.2, 0.25) is 5.91 Å². The van der Waals surface area contributed by atoms with E-state index < -0.39 is 11.7 Å². The average molecular weight is 468 g/mol. The van der Waals surface area contributed by atoms with Gasteiger partial charge in [0.05, 0.1) is 36.7 Å². The number of nitrogens with one attached hydrogen (secondary N) is 1. The summed E-state index contributed by atoms with van der Waals surface area (Å²) in [6, 6.07) is 13.3. The van der Waals surface area contributed by atoms with Crippen LogP contribution >= 0.6 is 0 Å². The number of anilines is 4. The molecule has 0 aliphatic heterocycles. The maximum Gasteiger partial charge on any atom is 0.416 e. The van der Waals surface area contributed by atoms with Gasteiger partial charge in [-0.05, 0) is 48.0 Å². The zero-order valence-electron chi connectivity index (χ0n) is 17.9. The highest BCUT2D eigenvalue weighted by Gasteiger charge is 2.30. The lowest BCUT2D eigenvalue weighted by atomic mass is 10.1. The summed E-state index contributed by atoms with van der Waals surface area (Å²) < 4.78 is 49.3. The Balaban J connectivity index is 1.59. The van der Waals surface area contributed by atoms with Gasteiger partial charge in [0.15, 0.2) is 0 Å². The Morgan fingerprint density at radius 1 is 1.06 bits per heavy atom. The molecule has 2 aromatic heterocycles. The summed E-state index contributed by atoms with van der Waals surface area (Å²) in [6.07, 6.45) is 1.66. The molecule has 4 aromatic rings. The maximum atomic E-state index is 12.8. The van der Waals surface area contributed by atoms with Crippen LogP contribution in [0.2, 0.25) is 0 Å². The van der Waals surface area contributed by atoms with Crippen molar-refractivity contribution in [2.45, 2.75) is 12.6 Å². The molecule has 0 aliphatic rings. The molecule has 7 nitrogen and oxygen atoms in total. The third-order valence-corrected chi connectivity index (χ3v) is 4.88. The largest absolute Gasteiger partial charge is 0.495 e. The van der Waals surface area contributed by atoms with E-state index in [1.54, 1.807) is 47.6 Å². The molecule has 0 fully saturated rings. The second kappa shape index (κ2) is 9.65. The number of carbonyl (C=O) groups excluding carboxylic acids is 1. The predicted molar refractivity (Wildman–Crippen MR) is 119 cm³/mol. The molecule has 2 aromatic carbocycles. The number of aromatic nitrogens is 2. The fraction of sp³-hybridized carbons (Fsp3) is 0.125. The Hall–Kier alpha value is -4.34. The standard InChI is InChI=1S/C24H19F3N4O3/c1-33-21-7-6-18(30-22(32)14-16-2-4-17(5-3-16)24(25,26)27)15-20(21)31(23-29-12-13-34-23)19-8-10-28-11-9-19/h2-13,15H,14H2,1H3,(H,30,32). The number of ether oxygens (including phenoxy) is 1. The number of carbonyl (C=O) groups is 1. The Morgan fingerprint density at radius 3 is 2.41 bits per heavy atom. The fourth-order valence-electron chi connectivity index (χ4n) is 3.32. The van der Waals surface area contributed by atoms with Crippen molar-refractivity contribution in [3.05, 3.63) is 90.6 Å². The van der Waals surface area contributed by atoms with Gasteiger partial charge in [0.1, 0.15) is 12.0 Å². The van der Waals surface area contributed by atoms with Gasteiger partial charge in [-0.3, -0.25) is 14.7 Å². The number of hydrogen-bond acceptors (Lipinski definition) is 6. The summed E-state index contributed by atoms with van der Waals surface area (Å²) >= 11 is 0. The molecule has 0 saturated carbocycles. The second-order valence-corrected chi connectivity index (χ2v) is 7.16. The van der Waals surface area contributed by atoms with Crippen molar-refractivity contribution in [1.29, 1.82) is 0 Å². The molecule has 2 heterocycles. The van der Waals surface area contributed by atoms with E-state index >= 15 is 0 Å². The molecule has 0 saturated heterocycles. The number of halogens is 3. The summed E-state index contributed by atoms with van der Waals surface area (Å²) in [4.78, 5) is 22.5. The van der Waals surface area contributed by atoms with Gasteiger partial charge in [0, 0.05) is 18.1 Å². The lowest BCUT2D eigenvalue weighted by Gasteiger charge is -2.23. The summed E-state index contributed by atoms with van der Waals surface area (Å²) in [6.45, 7) is 0. The highest BCUT2D eigenvalue weighted by molar-refractivity contribution is 5.93. The number of alkyl halides is 3. The van der Waals surface area contributed by atoms with Gasteiger partial charge in [-0.2, -0.15) is 13.2 Å². The number of methoxy groups -OCH3 is 1. The van der Waals surface area contributed by atoms with Crippen LogP contribution < -0.4 is 15.0 Å². The van der Waals surface area contributed by atoms with E-state index in [4.69, 9.17) is 9.15 Å². The first-order valence-corrected chi connectivity index (χ1v) is 10.1. The zero-order chi connectivity index (χ0) is 24.1. The van der Waals surface area contributed by atoms with Crippen molar-refractivity contribution >= 4 is 29.0 Å². The van der Waals surface area contributed by atoms with Crippen molar-refractivity contribution in [2.75, 3.05) is 17.3 Å². The van der Waals surface area contributed by atoms with Crippen LogP contribution in [0.3, 0.4) is 0 Å². The third kappa shape index (κ3) is 5.17. The quantitative estimate of drug-likeness (QED) is 0.372. The molecule has 0 radical (unpaired) electrons. The van der Waals surface area contributed by atoms with Crippen LogP contribution in [0.25, 0.3) is 0 Å². The van der Waals surface area contributed by atoms with E-state index in [0.29, 0.717) is 28.4 Å². The molecule has 0 aliphatic carbocycles. The monoisotopic (exact) mass is 468 g/mol. The Bertz CT molecular complexity index is 1240. The van der Waals surface area contributed by atoms with Crippen LogP contribution in [0.15, 0.2) is 83.9 Å². The summed E-state index contributed by atoms with van der Waals surface area (Å²) in [5, 5.41) is 2.77. The molecular weight excluding hydrogens is 449 g/mol. The number of amides is 1. The Kier molecular flexibility index (Phi) is 6.48. The van der Waals surface area contributed by atoms with Gasteiger partial charge in [-0.15, -0.1) is 0 Å². The van der Waals surface area contributed by atoms with Gasteiger partial charge >= 0.3 is 12.2 Å². The lowest BCUT2D eigenvalue weighted by Crippen LogP contribution is -2.16. The van der Waals surface area contributed by atoms with Crippen molar-refractivity contribution in [1.82, 2.24) is 9.97 Å². The van der Waals surface area contributed by atoms with E-state index in [2.05, 4.69) is 15.3 Å². The van der Waals surface area contributed by atoms with E-state index in [-0.39, 0.29) is 18.3 Å². The summed E-state index contributed by atoms with van der Waals surface area (Å²) in [5.41, 5.74) is 1.39. The highest BCUT2D eigenvalue weighted by atomic mass is 19.4. The number of nitrogens with zero attached hydrogens (tertiary/aromatic N) is 3. The molecule has 0 unspecified atom stereocenters. The van der Waals surface area contributed by atoms with Gasteiger partial charge in [-0.1, -0.05) is 12.1 Å². The molecule has 1 amide bonds. The molecule has 34 heavy (non-hydrogen) atoms. The molecule has 174 valence electrons. The second-order valence-electron chi connectivity index (χ2n) is 7.16. The minimum Gasteiger partial charge on any atom is -0.495 e. The normalized spacial score (nSPS) is 11.2. The predicted octanol–water partition coefficient (Wildman–Crippen LogP) is 5.75. The molecule has 0 atom stereocenters. The van der Waals surface area contributed by atoms with Crippen molar-refractivity contribution in [3.63, 3.8) is 0 Å². The van der Waals surface area contributed by atoms with Crippen molar-refractivity contribution in [3.8, 4) is 5.75 Å². The first-order chi connectivity index (χ1) is 16.3.